The lowest BCUT2D eigenvalue weighted by atomic mass is 9.78. The zero-order valence-corrected chi connectivity index (χ0v) is 16.1. The first-order valence-electron chi connectivity index (χ1n) is 9.98. The topological polar surface area (TPSA) is 49.0 Å². The number of hydrogen-bond acceptors (Lipinski definition) is 2. The van der Waals surface area contributed by atoms with Gasteiger partial charge in [0.05, 0.1) is 18.6 Å². The van der Waals surface area contributed by atoms with E-state index in [0.29, 0.717) is 18.3 Å². The first kappa shape index (κ1) is 17.1. The number of hydrogen-bond donors (Lipinski definition) is 2. The first-order valence-corrected chi connectivity index (χ1v) is 9.98. The van der Waals surface area contributed by atoms with E-state index >= 15 is 0 Å². The molecule has 0 radical (unpaired) electrons. The largest absolute Gasteiger partial charge is 0.467 e. The molecule has 1 atom stereocenters. The maximum absolute atomic E-state index is 7.61. The Balaban J connectivity index is 1.55. The van der Waals surface area contributed by atoms with Gasteiger partial charge < -0.3 is 9.73 Å². The summed E-state index contributed by atoms with van der Waals surface area (Å²) in [4.78, 5) is 0. The van der Waals surface area contributed by atoms with Crippen molar-refractivity contribution < 1.29 is 4.42 Å². The molecule has 1 aliphatic rings. The molecule has 140 valence electrons. The van der Waals surface area contributed by atoms with Gasteiger partial charge in [0.1, 0.15) is 5.76 Å². The van der Waals surface area contributed by atoms with Crippen LogP contribution in [0, 0.1) is 5.41 Å². The Kier molecular flexibility index (Phi) is 4.16. The van der Waals surface area contributed by atoms with Gasteiger partial charge in [0.25, 0.3) is 0 Å². The highest BCUT2D eigenvalue weighted by Gasteiger charge is 2.25. The molecular weight excluding hydrogens is 344 g/mol. The fourth-order valence-corrected chi connectivity index (χ4v) is 4.69. The minimum Gasteiger partial charge on any atom is -0.467 e. The van der Waals surface area contributed by atoms with Crippen LogP contribution in [0.5, 0.6) is 0 Å². The lowest BCUT2D eigenvalue weighted by molar-refractivity contribution is 0.484. The van der Waals surface area contributed by atoms with E-state index < -0.39 is 0 Å². The Hall–Kier alpha value is -3.07. The third kappa shape index (κ3) is 2.88. The van der Waals surface area contributed by atoms with Crippen LogP contribution in [0.2, 0.25) is 0 Å². The smallest absolute Gasteiger partial charge is 0.126 e. The van der Waals surface area contributed by atoms with Crippen LogP contribution in [0.3, 0.4) is 0 Å². The summed E-state index contributed by atoms with van der Waals surface area (Å²) in [5.74, 6) is 1.89. The van der Waals surface area contributed by atoms with E-state index in [1.165, 1.54) is 38.2 Å². The van der Waals surface area contributed by atoms with Crippen LogP contribution in [0.4, 0.5) is 0 Å². The molecule has 0 amide bonds. The van der Waals surface area contributed by atoms with Gasteiger partial charge in [-0.1, -0.05) is 48.5 Å². The van der Waals surface area contributed by atoms with Gasteiger partial charge in [0.15, 0.2) is 0 Å². The molecule has 4 aromatic rings. The SMILES string of the molecule is CC(=N)NCc1occc1C1CCc2ccc3c(ccc4ccccc43)c2C1. The molecule has 0 saturated heterocycles. The van der Waals surface area contributed by atoms with E-state index in [4.69, 9.17) is 9.83 Å². The molecule has 1 aromatic heterocycles. The predicted molar refractivity (Wildman–Crippen MR) is 115 cm³/mol. The van der Waals surface area contributed by atoms with Crippen molar-refractivity contribution in [2.24, 2.45) is 0 Å². The van der Waals surface area contributed by atoms with Gasteiger partial charge in [-0.05, 0) is 76.4 Å². The molecule has 0 fully saturated rings. The average Bonchev–Trinajstić information content (AvgIpc) is 3.20. The van der Waals surface area contributed by atoms with Gasteiger partial charge in [-0.3, -0.25) is 5.41 Å². The van der Waals surface area contributed by atoms with Crippen LogP contribution in [0.1, 0.15) is 41.7 Å². The quantitative estimate of drug-likeness (QED) is 0.267. The second kappa shape index (κ2) is 6.83. The molecule has 0 saturated carbocycles. The van der Waals surface area contributed by atoms with Crippen LogP contribution >= 0.6 is 0 Å². The van der Waals surface area contributed by atoms with Crippen LogP contribution in [0.15, 0.2) is 65.3 Å². The molecule has 0 aliphatic heterocycles. The summed E-state index contributed by atoms with van der Waals surface area (Å²) in [6.07, 6.45) is 5.07. The van der Waals surface area contributed by atoms with Crippen molar-refractivity contribution in [2.75, 3.05) is 0 Å². The lowest BCUT2D eigenvalue weighted by Crippen LogP contribution is -2.20. The van der Waals surface area contributed by atoms with Gasteiger partial charge in [-0.15, -0.1) is 0 Å². The molecule has 1 aliphatic carbocycles. The Morgan fingerprint density at radius 2 is 1.89 bits per heavy atom. The molecule has 0 spiro atoms. The molecule has 3 aromatic carbocycles. The van der Waals surface area contributed by atoms with Crippen molar-refractivity contribution in [1.29, 1.82) is 5.41 Å². The molecule has 2 N–H and O–H groups in total. The highest BCUT2D eigenvalue weighted by atomic mass is 16.3. The number of benzene rings is 3. The third-order valence-electron chi connectivity index (χ3n) is 6.08. The maximum Gasteiger partial charge on any atom is 0.126 e. The summed E-state index contributed by atoms with van der Waals surface area (Å²) in [6, 6.07) is 19.9. The molecular formula is C25H24N2O. The van der Waals surface area contributed by atoms with Crippen molar-refractivity contribution in [3.8, 4) is 0 Å². The Bertz CT molecular complexity index is 1190. The van der Waals surface area contributed by atoms with Gasteiger partial charge in [-0.25, -0.2) is 0 Å². The number of nitrogens with one attached hydrogen (secondary N) is 2. The normalized spacial score (nSPS) is 16.2. The van der Waals surface area contributed by atoms with Crippen LogP contribution < -0.4 is 5.32 Å². The Morgan fingerprint density at radius 3 is 2.79 bits per heavy atom. The molecule has 1 unspecified atom stereocenters. The van der Waals surface area contributed by atoms with E-state index in [0.717, 1.165) is 25.0 Å². The Morgan fingerprint density at radius 1 is 1.04 bits per heavy atom. The summed E-state index contributed by atoms with van der Waals surface area (Å²) < 4.78 is 5.74. The fraction of sp³-hybridized carbons (Fsp3) is 0.240. The highest BCUT2D eigenvalue weighted by molar-refractivity contribution is 6.08. The van der Waals surface area contributed by atoms with Gasteiger partial charge in [0.2, 0.25) is 0 Å². The first-order chi connectivity index (χ1) is 13.7. The van der Waals surface area contributed by atoms with E-state index in [9.17, 15) is 0 Å². The number of aryl methyl sites for hydroxylation is 1. The maximum atomic E-state index is 7.61. The summed E-state index contributed by atoms with van der Waals surface area (Å²) in [5, 5.41) is 16.1. The third-order valence-corrected chi connectivity index (χ3v) is 6.08. The Labute approximate surface area is 164 Å². The molecule has 5 rings (SSSR count). The second-order valence-corrected chi connectivity index (χ2v) is 7.80. The van der Waals surface area contributed by atoms with Gasteiger partial charge in [0, 0.05) is 0 Å². The predicted octanol–water partition coefficient (Wildman–Crippen LogP) is 5.95. The monoisotopic (exact) mass is 368 g/mol. The van der Waals surface area contributed by atoms with Gasteiger partial charge in [-0.2, -0.15) is 0 Å². The van der Waals surface area contributed by atoms with Crippen molar-refractivity contribution in [1.82, 2.24) is 5.32 Å². The number of amidine groups is 1. The van der Waals surface area contributed by atoms with Crippen molar-refractivity contribution in [3.05, 3.63) is 83.3 Å². The van der Waals surface area contributed by atoms with Crippen molar-refractivity contribution in [3.63, 3.8) is 0 Å². The summed E-state index contributed by atoms with van der Waals surface area (Å²) in [7, 11) is 0. The minimum absolute atomic E-state index is 0.464. The molecule has 3 nitrogen and oxygen atoms in total. The molecule has 0 bridgehead atoms. The molecule has 1 heterocycles. The second-order valence-electron chi connectivity index (χ2n) is 7.80. The highest BCUT2D eigenvalue weighted by Crippen LogP contribution is 2.39. The van der Waals surface area contributed by atoms with E-state index in [1.54, 1.807) is 13.2 Å². The van der Waals surface area contributed by atoms with Crippen molar-refractivity contribution >= 4 is 27.4 Å². The number of fused-ring (bicyclic) bond motifs is 5. The zero-order chi connectivity index (χ0) is 19.1. The fourth-order valence-electron chi connectivity index (χ4n) is 4.69. The summed E-state index contributed by atoms with van der Waals surface area (Å²) >= 11 is 0. The van der Waals surface area contributed by atoms with E-state index in [2.05, 4.69) is 59.9 Å². The van der Waals surface area contributed by atoms with Crippen molar-refractivity contribution in [2.45, 2.75) is 38.6 Å². The van der Waals surface area contributed by atoms with E-state index in [-0.39, 0.29) is 0 Å². The average molecular weight is 368 g/mol. The summed E-state index contributed by atoms with van der Waals surface area (Å²) in [6.45, 7) is 2.34. The standard InChI is InChI=1S/C25H24N2O/c1-16(26)27-15-25-21(12-13-28-25)19-7-6-18-9-10-22-20-5-3-2-4-17(20)8-11-23(22)24(18)14-19/h2-5,8-13,19H,6-7,14-15H2,1H3,(H2,26,27). The number of furan rings is 1. The summed E-state index contributed by atoms with van der Waals surface area (Å²) in [5.41, 5.74) is 4.26. The zero-order valence-electron chi connectivity index (χ0n) is 16.1. The molecule has 3 heteroatoms. The molecule has 28 heavy (non-hydrogen) atoms. The number of rotatable bonds is 3. The van der Waals surface area contributed by atoms with E-state index in [1.807, 2.05) is 0 Å². The van der Waals surface area contributed by atoms with Crippen LogP contribution in [0.25, 0.3) is 21.5 Å². The lowest BCUT2D eigenvalue weighted by Gasteiger charge is -2.26. The minimum atomic E-state index is 0.464. The van der Waals surface area contributed by atoms with Gasteiger partial charge >= 0.3 is 0 Å². The van der Waals surface area contributed by atoms with Crippen LogP contribution in [-0.4, -0.2) is 5.84 Å². The van der Waals surface area contributed by atoms with Crippen LogP contribution in [-0.2, 0) is 19.4 Å².